The van der Waals surface area contributed by atoms with Crippen molar-refractivity contribution in [2.75, 3.05) is 6.26 Å². The topological polar surface area (TPSA) is 48.2 Å². The van der Waals surface area contributed by atoms with E-state index in [0.717, 1.165) is 10.2 Å². The standard InChI is InChI=1S/C10H10BrN3S/c1-7-3-4-9(8(11)5-7)14-10(15-2)13-6-12/h3-5H,1-2H3,(H,13,14). The Morgan fingerprint density at radius 2 is 2.33 bits per heavy atom. The second-order valence-corrected chi connectivity index (χ2v) is 4.46. The van der Waals surface area contributed by atoms with Crippen molar-refractivity contribution < 1.29 is 0 Å². The Hall–Kier alpha value is -0.990. The van der Waals surface area contributed by atoms with Gasteiger partial charge >= 0.3 is 0 Å². The van der Waals surface area contributed by atoms with Gasteiger partial charge in [0, 0.05) is 4.47 Å². The van der Waals surface area contributed by atoms with Crippen molar-refractivity contribution in [2.24, 2.45) is 4.99 Å². The van der Waals surface area contributed by atoms with Gasteiger partial charge in [-0.2, -0.15) is 5.26 Å². The Balaban J connectivity index is 3.01. The Kier molecular flexibility index (Phi) is 4.66. The monoisotopic (exact) mass is 283 g/mol. The Morgan fingerprint density at radius 3 is 2.87 bits per heavy atom. The molecule has 1 rings (SSSR count). The lowest BCUT2D eigenvalue weighted by atomic mass is 10.2. The fraction of sp³-hybridized carbons (Fsp3) is 0.200. The summed E-state index contributed by atoms with van der Waals surface area (Å²) in [5, 5.41) is 11.6. The van der Waals surface area contributed by atoms with Crippen molar-refractivity contribution in [2.45, 2.75) is 6.92 Å². The maximum absolute atomic E-state index is 8.49. The minimum absolute atomic E-state index is 0.585. The molecule has 5 heteroatoms. The summed E-state index contributed by atoms with van der Waals surface area (Å²) in [6, 6.07) is 5.88. The maximum Gasteiger partial charge on any atom is 0.183 e. The van der Waals surface area contributed by atoms with Crippen molar-refractivity contribution >= 4 is 38.5 Å². The third kappa shape index (κ3) is 3.57. The minimum atomic E-state index is 0.585. The number of nitriles is 1. The van der Waals surface area contributed by atoms with Crippen LogP contribution in [0.3, 0.4) is 0 Å². The van der Waals surface area contributed by atoms with Gasteiger partial charge in [-0.05, 0) is 46.8 Å². The number of hydrogen-bond acceptors (Lipinski definition) is 3. The molecule has 3 nitrogen and oxygen atoms in total. The number of halogens is 1. The number of amidine groups is 1. The van der Waals surface area contributed by atoms with Crippen LogP contribution in [0.2, 0.25) is 0 Å². The largest absolute Gasteiger partial charge is 0.271 e. The van der Waals surface area contributed by atoms with Gasteiger partial charge in [0.15, 0.2) is 11.4 Å². The number of rotatable bonds is 1. The van der Waals surface area contributed by atoms with E-state index in [2.05, 4.69) is 26.2 Å². The van der Waals surface area contributed by atoms with Crippen molar-refractivity contribution in [3.63, 3.8) is 0 Å². The molecule has 0 saturated carbocycles. The van der Waals surface area contributed by atoms with E-state index in [9.17, 15) is 0 Å². The molecule has 0 heterocycles. The molecule has 0 amide bonds. The summed E-state index contributed by atoms with van der Waals surface area (Å²) in [6.07, 6.45) is 3.72. The Morgan fingerprint density at radius 1 is 1.60 bits per heavy atom. The SMILES string of the molecule is CSC(=Nc1ccc(C)cc1Br)NC#N. The summed E-state index contributed by atoms with van der Waals surface area (Å²) in [7, 11) is 0. The smallest absolute Gasteiger partial charge is 0.183 e. The molecule has 78 valence electrons. The zero-order chi connectivity index (χ0) is 11.3. The molecule has 0 bridgehead atoms. The molecule has 0 spiro atoms. The van der Waals surface area contributed by atoms with Crippen LogP contribution in [-0.2, 0) is 0 Å². The van der Waals surface area contributed by atoms with E-state index in [1.54, 1.807) is 0 Å². The predicted octanol–water partition coefficient (Wildman–Crippen LogP) is 3.18. The van der Waals surface area contributed by atoms with Gasteiger partial charge < -0.3 is 0 Å². The van der Waals surface area contributed by atoms with E-state index in [4.69, 9.17) is 5.26 Å². The lowest BCUT2D eigenvalue weighted by molar-refractivity contribution is 1.27. The highest BCUT2D eigenvalue weighted by atomic mass is 79.9. The second-order valence-electron chi connectivity index (χ2n) is 2.81. The Bertz CT molecular complexity index is 423. The number of aliphatic imine (C=N–C) groups is 1. The normalized spacial score (nSPS) is 10.9. The van der Waals surface area contributed by atoms with Gasteiger partial charge in [-0.15, -0.1) is 0 Å². The lowest BCUT2D eigenvalue weighted by Gasteiger charge is -2.02. The van der Waals surface area contributed by atoms with E-state index in [-0.39, 0.29) is 0 Å². The number of nitrogens with one attached hydrogen (secondary N) is 1. The molecule has 15 heavy (non-hydrogen) atoms. The minimum Gasteiger partial charge on any atom is -0.271 e. The van der Waals surface area contributed by atoms with Gasteiger partial charge in [-0.25, -0.2) is 4.99 Å². The van der Waals surface area contributed by atoms with Crippen LogP contribution >= 0.6 is 27.7 Å². The van der Waals surface area contributed by atoms with E-state index in [0.29, 0.717) is 5.17 Å². The summed E-state index contributed by atoms with van der Waals surface area (Å²) in [5.41, 5.74) is 1.98. The van der Waals surface area contributed by atoms with Gasteiger partial charge in [0.25, 0.3) is 0 Å². The number of benzene rings is 1. The summed E-state index contributed by atoms with van der Waals surface area (Å²) >= 11 is 4.83. The highest BCUT2D eigenvalue weighted by Gasteiger charge is 2.00. The first kappa shape index (κ1) is 12.1. The number of thioether (sulfide) groups is 1. The van der Waals surface area contributed by atoms with Crippen molar-refractivity contribution in [1.29, 1.82) is 5.26 Å². The van der Waals surface area contributed by atoms with E-state index < -0.39 is 0 Å². The number of aryl methyl sites for hydroxylation is 1. The average molecular weight is 284 g/mol. The zero-order valence-electron chi connectivity index (χ0n) is 8.41. The molecule has 0 atom stereocenters. The van der Waals surface area contributed by atoms with Gasteiger partial charge in [-0.3, -0.25) is 5.32 Å². The molecule has 0 aliphatic rings. The molecule has 1 aromatic rings. The highest BCUT2D eigenvalue weighted by Crippen LogP contribution is 2.26. The zero-order valence-corrected chi connectivity index (χ0v) is 10.8. The maximum atomic E-state index is 8.49. The highest BCUT2D eigenvalue weighted by molar-refractivity contribution is 9.10. The third-order valence-corrected chi connectivity index (χ3v) is 2.90. The lowest BCUT2D eigenvalue weighted by Crippen LogP contribution is -2.12. The first-order valence-electron chi connectivity index (χ1n) is 4.21. The molecule has 0 aromatic heterocycles. The van der Waals surface area contributed by atoms with Crippen molar-refractivity contribution in [3.8, 4) is 6.19 Å². The van der Waals surface area contributed by atoms with Crippen LogP contribution in [0.5, 0.6) is 0 Å². The molecule has 0 radical (unpaired) electrons. The summed E-state index contributed by atoms with van der Waals surface area (Å²) < 4.78 is 0.925. The van der Waals surface area contributed by atoms with Gasteiger partial charge in [0.1, 0.15) is 0 Å². The Labute approximate surface area is 102 Å². The van der Waals surface area contributed by atoms with Crippen molar-refractivity contribution in [3.05, 3.63) is 28.2 Å². The van der Waals surface area contributed by atoms with Crippen LogP contribution < -0.4 is 5.32 Å². The van der Waals surface area contributed by atoms with Crippen LogP contribution in [0, 0.1) is 18.4 Å². The molecular formula is C10H10BrN3S. The molecule has 1 aromatic carbocycles. The molecule has 0 unspecified atom stereocenters. The first-order chi connectivity index (χ1) is 7.17. The van der Waals surface area contributed by atoms with Gasteiger partial charge in [-0.1, -0.05) is 17.8 Å². The van der Waals surface area contributed by atoms with Crippen LogP contribution in [0.4, 0.5) is 5.69 Å². The number of hydrogen-bond donors (Lipinski definition) is 1. The first-order valence-corrected chi connectivity index (χ1v) is 6.23. The summed E-state index contributed by atoms with van der Waals surface area (Å²) in [6.45, 7) is 2.02. The van der Waals surface area contributed by atoms with E-state index >= 15 is 0 Å². The second kappa shape index (κ2) is 5.79. The van der Waals surface area contributed by atoms with Crippen LogP contribution in [0.15, 0.2) is 27.7 Å². The fourth-order valence-corrected chi connectivity index (χ4v) is 1.90. The van der Waals surface area contributed by atoms with Crippen molar-refractivity contribution in [1.82, 2.24) is 5.32 Å². The summed E-state index contributed by atoms with van der Waals surface area (Å²) in [5.74, 6) is 0. The molecule has 1 N–H and O–H groups in total. The fourth-order valence-electron chi connectivity index (χ4n) is 0.984. The van der Waals surface area contributed by atoms with E-state index in [1.807, 2.05) is 37.6 Å². The van der Waals surface area contributed by atoms with Gasteiger partial charge in [0.2, 0.25) is 0 Å². The van der Waals surface area contributed by atoms with Crippen LogP contribution in [-0.4, -0.2) is 11.4 Å². The molecule has 0 aliphatic heterocycles. The molecular weight excluding hydrogens is 274 g/mol. The van der Waals surface area contributed by atoms with Crippen LogP contribution in [0.1, 0.15) is 5.56 Å². The third-order valence-electron chi connectivity index (χ3n) is 1.68. The quantitative estimate of drug-likeness (QED) is 0.373. The number of nitrogens with zero attached hydrogens (tertiary/aromatic N) is 2. The van der Waals surface area contributed by atoms with Crippen LogP contribution in [0.25, 0.3) is 0 Å². The summed E-state index contributed by atoms with van der Waals surface area (Å²) in [4.78, 5) is 4.31. The molecule has 0 saturated heterocycles. The van der Waals surface area contributed by atoms with Gasteiger partial charge in [0.05, 0.1) is 5.69 Å². The average Bonchev–Trinajstić information content (AvgIpc) is 2.21. The molecule has 0 aliphatic carbocycles. The van der Waals surface area contributed by atoms with E-state index in [1.165, 1.54) is 17.3 Å². The predicted molar refractivity (Wildman–Crippen MR) is 68.2 cm³/mol. The molecule has 0 fully saturated rings.